The molecule has 0 fully saturated rings. The molecule has 0 heterocycles. The molecule has 0 aromatic heterocycles. The minimum absolute atomic E-state index is 0.0319. The van der Waals surface area contributed by atoms with Crippen molar-refractivity contribution in [2.45, 2.75) is 32.6 Å². The number of amides is 2. The van der Waals surface area contributed by atoms with E-state index in [2.05, 4.69) is 12.2 Å². The second-order valence-electron chi connectivity index (χ2n) is 7.04. The summed E-state index contributed by atoms with van der Waals surface area (Å²) in [5.74, 6) is 0.0497. The Morgan fingerprint density at radius 3 is 2.14 bits per heavy atom. The minimum atomic E-state index is -0.0319. The Morgan fingerprint density at radius 1 is 0.893 bits per heavy atom. The van der Waals surface area contributed by atoms with E-state index in [1.165, 1.54) is 0 Å². The zero-order valence-corrected chi connectivity index (χ0v) is 17.1. The summed E-state index contributed by atoms with van der Waals surface area (Å²) in [5.41, 5.74) is 2.60. The molecule has 2 rings (SSSR count). The van der Waals surface area contributed by atoms with Crippen molar-refractivity contribution < 1.29 is 9.59 Å². The highest BCUT2D eigenvalue weighted by molar-refractivity contribution is 6.06. The van der Waals surface area contributed by atoms with E-state index in [9.17, 15) is 9.59 Å². The van der Waals surface area contributed by atoms with Crippen LogP contribution in [0.2, 0.25) is 0 Å². The molecule has 5 heteroatoms. The van der Waals surface area contributed by atoms with Gasteiger partial charge in [0, 0.05) is 50.5 Å². The summed E-state index contributed by atoms with van der Waals surface area (Å²) in [7, 11) is 3.98. The SMILES string of the molecule is CCCCC(=O)NCCCN(C(=O)c1ccccc1)c1ccc(N(C)C)cc1. The van der Waals surface area contributed by atoms with Gasteiger partial charge >= 0.3 is 0 Å². The van der Waals surface area contributed by atoms with Crippen molar-refractivity contribution in [2.75, 3.05) is 37.0 Å². The number of anilines is 2. The van der Waals surface area contributed by atoms with Gasteiger partial charge in [-0.05, 0) is 49.2 Å². The Morgan fingerprint density at radius 2 is 1.54 bits per heavy atom. The molecule has 0 unspecified atom stereocenters. The van der Waals surface area contributed by atoms with E-state index in [1.54, 1.807) is 4.90 Å². The van der Waals surface area contributed by atoms with Crippen LogP contribution in [0, 0.1) is 0 Å². The summed E-state index contributed by atoms with van der Waals surface area (Å²) in [5, 5.41) is 2.94. The average Bonchev–Trinajstić information content (AvgIpc) is 2.72. The summed E-state index contributed by atoms with van der Waals surface area (Å²) in [4.78, 5) is 28.7. The number of carbonyl (C=O) groups excluding carboxylic acids is 2. The van der Waals surface area contributed by atoms with Crippen molar-refractivity contribution in [3.05, 3.63) is 60.2 Å². The molecule has 1 N–H and O–H groups in total. The van der Waals surface area contributed by atoms with Crippen LogP contribution >= 0.6 is 0 Å². The number of benzene rings is 2. The zero-order chi connectivity index (χ0) is 20.4. The molecule has 0 bridgehead atoms. The third-order valence-electron chi connectivity index (χ3n) is 4.58. The van der Waals surface area contributed by atoms with Gasteiger partial charge in [0.1, 0.15) is 0 Å². The molecule has 0 spiro atoms. The first-order valence-corrected chi connectivity index (χ1v) is 9.94. The normalized spacial score (nSPS) is 10.4. The van der Waals surface area contributed by atoms with Gasteiger partial charge in [-0.15, -0.1) is 0 Å². The van der Waals surface area contributed by atoms with E-state index in [4.69, 9.17) is 0 Å². The first-order valence-electron chi connectivity index (χ1n) is 9.94. The second-order valence-corrected chi connectivity index (χ2v) is 7.04. The van der Waals surface area contributed by atoms with Gasteiger partial charge in [0.25, 0.3) is 5.91 Å². The Balaban J connectivity index is 2.06. The van der Waals surface area contributed by atoms with Crippen LogP contribution in [0.4, 0.5) is 11.4 Å². The van der Waals surface area contributed by atoms with Crippen molar-refractivity contribution in [3.8, 4) is 0 Å². The van der Waals surface area contributed by atoms with Crippen LogP contribution in [0.3, 0.4) is 0 Å². The molecule has 5 nitrogen and oxygen atoms in total. The molecule has 0 saturated carbocycles. The number of nitrogens with zero attached hydrogens (tertiary/aromatic N) is 2. The lowest BCUT2D eigenvalue weighted by molar-refractivity contribution is -0.121. The molecule has 150 valence electrons. The van der Waals surface area contributed by atoms with Crippen molar-refractivity contribution in [1.29, 1.82) is 0 Å². The lowest BCUT2D eigenvalue weighted by Crippen LogP contribution is -2.34. The van der Waals surface area contributed by atoms with Gasteiger partial charge in [0.15, 0.2) is 0 Å². The quantitative estimate of drug-likeness (QED) is 0.631. The third kappa shape index (κ3) is 6.41. The maximum absolute atomic E-state index is 13.1. The molecular formula is C23H31N3O2. The number of nitrogens with one attached hydrogen (secondary N) is 1. The Bertz CT molecular complexity index is 742. The first-order chi connectivity index (χ1) is 13.5. The lowest BCUT2D eigenvalue weighted by Gasteiger charge is -2.24. The topological polar surface area (TPSA) is 52.7 Å². The van der Waals surface area contributed by atoms with Crippen molar-refractivity contribution >= 4 is 23.2 Å². The summed E-state index contributed by atoms with van der Waals surface area (Å²) in [6, 6.07) is 17.3. The van der Waals surface area contributed by atoms with E-state index in [0.29, 0.717) is 31.5 Å². The molecule has 0 atom stereocenters. The highest BCUT2D eigenvalue weighted by atomic mass is 16.2. The van der Waals surface area contributed by atoms with Gasteiger partial charge in [-0.1, -0.05) is 31.5 Å². The fourth-order valence-electron chi connectivity index (χ4n) is 2.91. The van der Waals surface area contributed by atoms with E-state index in [0.717, 1.165) is 24.2 Å². The van der Waals surface area contributed by atoms with Gasteiger partial charge in [-0.2, -0.15) is 0 Å². The van der Waals surface area contributed by atoms with E-state index in [1.807, 2.05) is 73.6 Å². The lowest BCUT2D eigenvalue weighted by atomic mass is 10.1. The number of carbonyl (C=O) groups is 2. The van der Waals surface area contributed by atoms with Crippen LogP contribution in [-0.4, -0.2) is 39.0 Å². The molecule has 28 heavy (non-hydrogen) atoms. The molecule has 0 aliphatic rings. The van der Waals surface area contributed by atoms with Crippen LogP contribution in [0.15, 0.2) is 54.6 Å². The molecule has 0 aliphatic carbocycles. The van der Waals surface area contributed by atoms with Gasteiger partial charge < -0.3 is 15.1 Å². The first kappa shape index (κ1) is 21.5. The van der Waals surface area contributed by atoms with Crippen LogP contribution in [0.5, 0.6) is 0 Å². The van der Waals surface area contributed by atoms with Crippen LogP contribution in [0.1, 0.15) is 43.0 Å². The molecule has 0 saturated heterocycles. The molecule has 2 aromatic rings. The standard InChI is InChI=1S/C23H31N3O2/c1-4-5-12-22(27)24-17-9-18-26(23(28)19-10-7-6-8-11-19)21-15-13-20(14-16-21)25(2)3/h6-8,10-11,13-16H,4-5,9,12,17-18H2,1-3H3,(H,24,27). The number of unbranched alkanes of at least 4 members (excludes halogenated alkanes) is 1. The van der Waals surface area contributed by atoms with Gasteiger partial charge in [0.05, 0.1) is 0 Å². The summed E-state index contributed by atoms with van der Waals surface area (Å²) in [6.45, 7) is 3.18. The van der Waals surface area contributed by atoms with Crippen molar-refractivity contribution in [1.82, 2.24) is 5.32 Å². The fraction of sp³-hybridized carbons (Fsp3) is 0.391. The summed E-state index contributed by atoms with van der Waals surface area (Å²) < 4.78 is 0. The summed E-state index contributed by atoms with van der Waals surface area (Å²) in [6.07, 6.45) is 3.18. The summed E-state index contributed by atoms with van der Waals surface area (Å²) >= 11 is 0. The van der Waals surface area contributed by atoms with E-state index >= 15 is 0 Å². The maximum Gasteiger partial charge on any atom is 0.258 e. The molecule has 2 amide bonds. The Hall–Kier alpha value is -2.82. The molecular weight excluding hydrogens is 350 g/mol. The monoisotopic (exact) mass is 381 g/mol. The fourth-order valence-corrected chi connectivity index (χ4v) is 2.91. The zero-order valence-electron chi connectivity index (χ0n) is 17.1. The highest BCUT2D eigenvalue weighted by Crippen LogP contribution is 2.21. The van der Waals surface area contributed by atoms with E-state index < -0.39 is 0 Å². The van der Waals surface area contributed by atoms with Gasteiger partial charge in [-0.3, -0.25) is 9.59 Å². The van der Waals surface area contributed by atoms with Crippen molar-refractivity contribution in [3.63, 3.8) is 0 Å². The van der Waals surface area contributed by atoms with Crippen molar-refractivity contribution in [2.24, 2.45) is 0 Å². The third-order valence-corrected chi connectivity index (χ3v) is 4.58. The maximum atomic E-state index is 13.1. The predicted molar refractivity (Wildman–Crippen MR) is 116 cm³/mol. The van der Waals surface area contributed by atoms with Gasteiger partial charge in [0.2, 0.25) is 5.91 Å². The molecule has 0 radical (unpaired) electrons. The van der Waals surface area contributed by atoms with Gasteiger partial charge in [-0.25, -0.2) is 0 Å². The minimum Gasteiger partial charge on any atom is -0.378 e. The number of hydrogen-bond acceptors (Lipinski definition) is 3. The highest BCUT2D eigenvalue weighted by Gasteiger charge is 2.17. The smallest absolute Gasteiger partial charge is 0.258 e. The van der Waals surface area contributed by atoms with Crippen LogP contribution in [0.25, 0.3) is 0 Å². The molecule has 0 aliphatic heterocycles. The number of rotatable bonds is 10. The molecule has 2 aromatic carbocycles. The second kappa shape index (κ2) is 11.1. The largest absolute Gasteiger partial charge is 0.378 e. The average molecular weight is 382 g/mol. The number of hydrogen-bond donors (Lipinski definition) is 1. The Kier molecular flexibility index (Phi) is 8.53. The predicted octanol–water partition coefficient (Wildman–Crippen LogP) is 4.10. The van der Waals surface area contributed by atoms with Crippen LogP contribution in [-0.2, 0) is 4.79 Å². The van der Waals surface area contributed by atoms with E-state index in [-0.39, 0.29) is 11.8 Å². The van der Waals surface area contributed by atoms with Crippen LogP contribution < -0.4 is 15.1 Å². The Labute approximate surface area is 168 Å².